The number of alkyl halides is 3. The Morgan fingerprint density at radius 3 is 2.32 bits per heavy atom. The molecule has 0 atom stereocenters. The molecule has 1 aromatic heterocycles. The molecule has 4 nitrogen and oxygen atoms in total. The lowest BCUT2D eigenvalue weighted by molar-refractivity contribution is -0.274. The van der Waals surface area contributed by atoms with Gasteiger partial charge in [0.2, 0.25) is 0 Å². The van der Waals surface area contributed by atoms with Gasteiger partial charge in [-0.25, -0.2) is 0 Å². The number of aldehydes is 1. The number of nitrogens with zero attached hydrogens (tertiary/aromatic N) is 2. The zero-order valence-corrected chi connectivity index (χ0v) is 12.9. The molecule has 25 heavy (non-hydrogen) atoms. The van der Waals surface area contributed by atoms with E-state index in [9.17, 15) is 18.0 Å². The molecule has 0 aliphatic carbocycles. The molecule has 1 heterocycles. The fraction of sp³-hybridized carbons (Fsp3) is 0.111. The van der Waals surface area contributed by atoms with Gasteiger partial charge in [0, 0.05) is 11.8 Å². The fourth-order valence-corrected chi connectivity index (χ4v) is 2.41. The molecule has 3 rings (SSSR count). The van der Waals surface area contributed by atoms with E-state index in [4.69, 9.17) is 0 Å². The van der Waals surface area contributed by atoms with E-state index in [1.807, 2.05) is 30.3 Å². The number of hydrogen-bond donors (Lipinski definition) is 0. The van der Waals surface area contributed by atoms with Crippen molar-refractivity contribution in [1.82, 2.24) is 9.78 Å². The van der Waals surface area contributed by atoms with Crippen LogP contribution in [0.1, 0.15) is 15.9 Å². The molecular weight excluding hydrogens is 333 g/mol. The first kappa shape index (κ1) is 16.8. The minimum atomic E-state index is -4.72. The molecule has 0 amide bonds. The van der Waals surface area contributed by atoms with Crippen molar-refractivity contribution in [2.24, 2.45) is 0 Å². The third-order valence-electron chi connectivity index (χ3n) is 3.47. The van der Waals surface area contributed by atoms with Gasteiger partial charge in [0.15, 0.2) is 6.29 Å². The van der Waals surface area contributed by atoms with Crippen molar-refractivity contribution in [3.8, 4) is 17.0 Å². The summed E-state index contributed by atoms with van der Waals surface area (Å²) in [5, 5.41) is 4.40. The quantitative estimate of drug-likeness (QED) is 0.647. The summed E-state index contributed by atoms with van der Waals surface area (Å²) in [6, 6.07) is 14.8. The third-order valence-corrected chi connectivity index (χ3v) is 3.47. The first-order valence-electron chi connectivity index (χ1n) is 7.37. The lowest BCUT2D eigenvalue weighted by atomic mass is 10.1. The normalized spacial score (nSPS) is 11.3. The van der Waals surface area contributed by atoms with Crippen LogP contribution in [-0.2, 0) is 6.54 Å². The Morgan fingerprint density at radius 2 is 1.72 bits per heavy atom. The predicted molar refractivity (Wildman–Crippen MR) is 85.3 cm³/mol. The fourth-order valence-electron chi connectivity index (χ4n) is 2.41. The number of hydrogen-bond acceptors (Lipinski definition) is 3. The van der Waals surface area contributed by atoms with Crippen molar-refractivity contribution < 1.29 is 22.7 Å². The van der Waals surface area contributed by atoms with Gasteiger partial charge in [0.05, 0.1) is 12.1 Å². The SMILES string of the molecule is O=Cc1cn(Cc2ccc(OC(F)(F)F)cc2)nc1-c1ccccc1. The van der Waals surface area contributed by atoms with Gasteiger partial charge in [0.25, 0.3) is 0 Å². The molecule has 0 N–H and O–H groups in total. The Bertz CT molecular complexity index is 856. The first-order valence-corrected chi connectivity index (χ1v) is 7.37. The van der Waals surface area contributed by atoms with Crippen LogP contribution in [0.2, 0.25) is 0 Å². The molecule has 128 valence electrons. The highest BCUT2D eigenvalue weighted by atomic mass is 19.4. The van der Waals surface area contributed by atoms with E-state index in [0.717, 1.165) is 17.4 Å². The highest BCUT2D eigenvalue weighted by Gasteiger charge is 2.30. The molecule has 0 fully saturated rings. The van der Waals surface area contributed by atoms with Gasteiger partial charge in [-0.05, 0) is 17.7 Å². The van der Waals surface area contributed by atoms with Crippen molar-refractivity contribution in [2.75, 3.05) is 0 Å². The molecule has 0 radical (unpaired) electrons. The van der Waals surface area contributed by atoms with Crippen molar-refractivity contribution >= 4 is 6.29 Å². The van der Waals surface area contributed by atoms with Gasteiger partial charge < -0.3 is 4.74 Å². The van der Waals surface area contributed by atoms with Crippen molar-refractivity contribution in [3.05, 3.63) is 71.9 Å². The van der Waals surface area contributed by atoms with Crippen LogP contribution in [-0.4, -0.2) is 22.4 Å². The van der Waals surface area contributed by atoms with E-state index in [1.54, 1.807) is 10.9 Å². The monoisotopic (exact) mass is 346 g/mol. The number of aromatic nitrogens is 2. The van der Waals surface area contributed by atoms with Crippen LogP contribution in [0.5, 0.6) is 5.75 Å². The van der Waals surface area contributed by atoms with E-state index < -0.39 is 6.36 Å². The standard InChI is InChI=1S/C18H13F3N2O2/c19-18(20,21)25-16-8-6-13(7-9-16)10-23-11-15(12-24)17(22-23)14-4-2-1-3-5-14/h1-9,11-12H,10H2. The maximum atomic E-state index is 12.2. The molecule has 0 aliphatic rings. The predicted octanol–water partition coefficient (Wildman–Crippen LogP) is 4.31. The molecule has 3 aromatic rings. The Kier molecular flexibility index (Phi) is 4.56. The lowest BCUT2D eigenvalue weighted by Crippen LogP contribution is -2.17. The maximum Gasteiger partial charge on any atom is 0.573 e. The zero-order valence-electron chi connectivity index (χ0n) is 12.9. The van der Waals surface area contributed by atoms with Crippen LogP contribution in [0.4, 0.5) is 13.2 Å². The van der Waals surface area contributed by atoms with E-state index in [-0.39, 0.29) is 5.75 Å². The van der Waals surface area contributed by atoms with Crippen LogP contribution < -0.4 is 4.74 Å². The number of halogens is 3. The number of carbonyl (C=O) groups is 1. The summed E-state index contributed by atoms with van der Waals surface area (Å²) in [6.07, 6.45) is -2.38. The topological polar surface area (TPSA) is 44.1 Å². The molecular formula is C18H13F3N2O2. The van der Waals surface area contributed by atoms with Crippen LogP contribution in [0, 0.1) is 0 Å². The third kappa shape index (κ3) is 4.26. The van der Waals surface area contributed by atoms with E-state index >= 15 is 0 Å². The molecule has 0 unspecified atom stereocenters. The Hall–Kier alpha value is -3.09. The van der Waals surface area contributed by atoms with Gasteiger partial charge in [-0.15, -0.1) is 13.2 Å². The Balaban J connectivity index is 1.79. The van der Waals surface area contributed by atoms with Gasteiger partial charge in [-0.1, -0.05) is 42.5 Å². The summed E-state index contributed by atoms with van der Waals surface area (Å²) < 4.78 is 41.9. The van der Waals surface area contributed by atoms with Gasteiger partial charge in [-0.3, -0.25) is 9.48 Å². The summed E-state index contributed by atoms with van der Waals surface area (Å²) in [5.41, 5.74) is 2.56. The van der Waals surface area contributed by atoms with E-state index in [1.165, 1.54) is 24.3 Å². The largest absolute Gasteiger partial charge is 0.573 e. The average molecular weight is 346 g/mol. The van der Waals surface area contributed by atoms with Crippen LogP contribution >= 0.6 is 0 Å². The first-order chi connectivity index (χ1) is 11.9. The van der Waals surface area contributed by atoms with Gasteiger partial charge in [-0.2, -0.15) is 5.10 Å². The molecule has 0 bridgehead atoms. The molecule has 0 spiro atoms. The van der Waals surface area contributed by atoms with Crippen LogP contribution in [0.15, 0.2) is 60.8 Å². The van der Waals surface area contributed by atoms with Crippen LogP contribution in [0.3, 0.4) is 0 Å². The molecule has 0 aliphatic heterocycles. The van der Waals surface area contributed by atoms with Crippen molar-refractivity contribution in [2.45, 2.75) is 12.9 Å². The molecule has 7 heteroatoms. The van der Waals surface area contributed by atoms with E-state index in [0.29, 0.717) is 17.8 Å². The Morgan fingerprint density at radius 1 is 1.04 bits per heavy atom. The van der Waals surface area contributed by atoms with Crippen molar-refractivity contribution in [1.29, 1.82) is 0 Å². The smallest absolute Gasteiger partial charge is 0.406 e. The summed E-state index contributed by atoms with van der Waals surface area (Å²) in [4.78, 5) is 11.3. The lowest BCUT2D eigenvalue weighted by Gasteiger charge is -2.09. The molecule has 2 aromatic carbocycles. The Labute approximate surface area is 141 Å². The second-order valence-corrected chi connectivity index (χ2v) is 5.31. The van der Waals surface area contributed by atoms with E-state index in [2.05, 4.69) is 9.84 Å². The van der Waals surface area contributed by atoms with Crippen molar-refractivity contribution in [3.63, 3.8) is 0 Å². The number of rotatable bonds is 5. The van der Waals surface area contributed by atoms with Crippen LogP contribution in [0.25, 0.3) is 11.3 Å². The number of benzene rings is 2. The average Bonchev–Trinajstić information content (AvgIpc) is 2.99. The highest BCUT2D eigenvalue weighted by molar-refractivity contribution is 5.85. The summed E-state index contributed by atoms with van der Waals surface area (Å²) in [7, 11) is 0. The second-order valence-electron chi connectivity index (χ2n) is 5.31. The number of ether oxygens (including phenoxy) is 1. The zero-order chi connectivity index (χ0) is 17.9. The minimum absolute atomic E-state index is 0.282. The van der Waals surface area contributed by atoms with Gasteiger partial charge >= 0.3 is 6.36 Å². The maximum absolute atomic E-state index is 12.2. The minimum Gasteiger partial charge on any atom is -0.406 e. The summed E-state index contributed by atoms with van der Waals surface area (Å²) >= 11 is 0. The van der Waals surface area contributed by atoms with Gasteiger partial charge in [0.1, 0.15) is 11.4 Å². The summed E-state index contributed by atoms with van der Waals surface area (Å²) in [6.45, 7) is 0.319. The molecule has 0 saturated carbocycles. The molecule has 0 saturated heterocycles. The summed E-state index contributed by atoms with van der Waals surface area (Å²) in [5.74, 6) is -0.282. The highest BCUT2D eigenvalue weighted by Crippen LogP contribution is 2.24. The number of carbonyl (C=O) groups excluding carboxylic acids is 1. The second kappa shape index (κ2) is 6.80.